The van der Waals surface area contributed by atoms with Gasteiger partial charge in [0.05, 0.1) is 195 Å². The predicted octanol–water partition coefficient (Wildman–Crippen LogP) is -7.48. The van der Waals surface area contributed by atoms with E-state index in [1.54, 1.807) is 59.5 Å². The minimum atomic E-state index is -1.69. The molecule has 2 aromatic carbocycles. The van der Waals surface area contributed by atoms with Gasteiger partial charge in [0.2, 0.25) is 53.2 Å². The van der Waals surface area contributed by atoms with Crippen molar-refractivity contribution in [1.29, 1.82) is 0 Å². The van der Waals surface area contributed by atoms with Crippen LogP contribution in [0.1, 0.15) is 79.4 Å². The number of hydrogen-bond donors (Lipinski definition) is 19. The molecule has 4 aromatic rings. The van der Waals surface area contributed by atoms with Gasteiger partial charge in [-0.3, -0.25) is 57.5 Å². The van der Waals surface area contributed by atoms with Crippen molar-refractivity contribution >= 4 is 81.7 Å². The van der Waals surface area contributed by atoms with E-state index in [0.29, 0.717) is 39.3 Å². The number of amides is 11. The van der Waals surface area contributed by atoms with Crippen LogP contribution in [0.3, 0.4) is 0 Å². The summed E-state index contributed by atoms with van der Waals surface area (Å²) in [4.78, 5) is 163. The molecule has 0 radical (unpaired) electrons. The summed E-state index contributed by atoms with van der Waals surface area (Å²) < 4.78 is 97.0. The van der Waals surface area contributed by atoms with E-state index in [0.717, 1.165) is 0 Å². The van der Waals surface area contributed by atoms with Gasteiger partial charge in [0.15, 0.2) is 18.9 Å². The third-order valence-electron chi connectivity index (χ3n) is 21.8. The predicted molar refractivity (Wildman–Crippen MR) is 475 cm³/mol. The molecule has 138 heavy (non-hydrogen) atoms. The van der Waals surface area contributed by atoms with E-state index in [-0.39, 0.29) is 208 Å². The number of aliphatic hydroxyl groups excluding tert-OH is 9. The standard InChI is InChI=1S/C88H132N12O38/c1-53(104)95-73-80(117)77(114)62(47-101)136-85(73)132-41-38-126-35-32-123-29-19-89-67(109)16-26-129-50-88(51-130-27-17-68(110)90-20-30-124-33-36-127-39-42-133-86-74(96-54(2)105)81(118)78(115)63(48-102)137-86,52-131-28-18-69(111)91-21-31-125-34-37-128-40-43-134-87-75(97-55(3)106)82(119)79(116)64(49-103)138-87)98-70(112)46-93-66(108)15-14-65(107)92-44-57-10-12-60(135-57)58-11-13-61(122-4)71-59(45-94-72(58)71)76(113)84(121)100-24-22-99(23-25-100)83(120)56-8-6-5-7-9-56/h5-13,45,62-64,73-75,77-82,85-87,94,101-103,114-119H,14-44,46-52H2,1-4H3,(H,89,109)(H,90,110)(H,91,111)(H,92,107)(H,93,108)(H,95,104)(H,96,105)(H,97,106)(H,98,112)/t62-,63-,64-,73-,74-,75-,77+,78+,79+,80-,81-,82-,85-,86-,87?/m1/s1. The maximum atomic E-state index is 14.2. The maximum absolute atomic E-state index is 14.2. The third-order valence-corrected chi connectivity index (χ3v) is 21.8. The monoisotopic (exact) mass is 1960 g/mol. The number of rotatable bonds is 64. The van der Waals surface area contributed by atoms with Crippen LogP contribution < -0.4 is 52.6 Å². The molecule has 4 aliphatic rings. The summed E-state index contributed by atoms with van der Waals surface area (Å²) in [6.45, 7) is 0.283. The lowest BCUT2D eigenvalue weighted by Gasteiger charge is -2.42. The molecule has 11 amide bonds. The minimum Gasteiger partial charge on any atom is -0.496 e. The fourth-order valence-corrected chi connectivity index (χ4v) is 14.7. The van der Waals surface area contributed by atoms with Crippen molar-refractivity contribution in [3.63, 3.8) is 0 Å². The van der Waals surface area contributed by atoms with E-state index in [1.165, 1.54) is 39.0 Å². The van der Waals surface area contributed by atoms with Crippen LogP contribution in [0.25, 0.3) is 22.2 Å². The Kier molecular flexibility index (Phi) is 49.9. The van der Waals surface area contributed by atoms with Crippen LogP contribution >= 0.6 is 0 Å². The van der Waals surface area contributed by atoms with Crippen molar-refractivity contribution in [3.8, 4) is 17.1 Å². The fraction of sp³-hybridized carbons (Fsp3) is 0.659. The smallest absolute Gasteiger partial charge is 0.295 e. The molecule has 0 spiro atoms. The van der Waals surface area contributed by atoms with E-state index in [1.807, 2.05) is 0 Å². The number of aromatic nitrogens is 1. The number of carbonyl (C=O) groups is 12. The number of fused-ring (bicyclic) bond motifs is 1. The molecule has 50 heteroatoms. The SMILES string of the molecule is COc1ccc(-c2ccc(CNC(=O)CCC(=O)NCC(=O)NC(COCCC(=O)NCCOCCOCCOC3O[C@H](CO)[C@H](O)[C@H](O)[C@H]3NC(C)=O)(COCCC(=O)NCCOCCOCCO[C@@H]3O[C@H](CO)[C@H](O)[C@H](O)[C@H]3NC(C)=O)COCCC(=O)NCCOCCOCCO[C@@H]3O[C@H](CO)[C@H](O)[C@H](O)[C@H]3NC(C)=O)o2)c2[nH]cc(C(=O)C(=O)N3CCN(C(=O)c4ccccc4)CC3)c12. The molecule has 4 aliphatic heterocycles. The number of ether oxygens (including phenoxy) is 16. The summed E-state index contributed by atoms with van der Waals surface area (Å²) in [5.41, 5.74) is -0.225. The zero-order chi connectivity index (χ0) is 99.9. The van der Waals surface area contributed by atoms with Gasteiger partial charge in [-0.2, -0.15) is 0 Å². The molecule has 0 saturated carbocycles. The Bertz CT molecular complexity index is 4220. The molecule has 772 valence electrons. The number of piperazine rings is 1. The van der Waals surface area contributed by atoms with Crippen LogP contribution in [-0.2, 0) is 126 Å². The van der Waals surface area contributed by atoms with Crippen LogP contribution in [0, 0.1) is 0 Å². The molecule has 19 N–H and O–H groups in total. The number of benzene rings is 2. The van der Waals surface area contributed by atoms with Gasteiger partial charge >= 0.3 is 0 Å². The fourth-order valence-electron chi connectivity index (χ4n) is 14.7. The Morgan fingerprint density at radius 2 is 0.819 bits per heavy atom. The van der Waals surface area contributed by atoms with Crippen LogP contribution in [0.15, 0.2) is 65.2 Å². The molecule has 15 atom stereocenters. The first-order valence-electron chi connectivity index (χ1n) is 45.3. The molecule has 2 aromatic heterocycles. The van der Waals surface area contributed by atoms with Crippen LogP contribution in [0.2, 0.25) is 0 Å². The quantitative estimate of drug-likeness (QED) is 0.0111. The van der Waals surface area contributed by atoms with Gasteiger partial charge in [-0.05, 0) is 36.4 Å². The number of H-pyrrole nitrogens is 1. The van der Waals surface area contributed by atoms with E-state index in [2.05, 4.69) is 52.8 Å². The molecule has 1 unspecified atom stereocenters. The Morgan fingerprint density at radius 3 is 1.22 bits per heavy atom. The van der Waals surface area contributed by atoms with E-state index in [4.69, 9.17) is 80.2 Å². The van der Waals surface area contributed by atoms with Crippen molar-refractivity contribution in [1.82, 2.24) is 62.6 Å². The Morgan fingerprint density at radius 1 is 0.428 bits per heavy atom. The van der Waals surface area contributed by atoms with E-state index in [9.17, 15) is 103 Å². The first-order valence-corrected chi connectivity index (χ1v) is 45.3. The number of aliphatic hydroxyl groups is 9. The summed E-state index contributed by atoms with van der Waals surface area (Å²) in [6, 6.07) is 11.9. The number of nitrogens with one attached hydrogen (secondary N) is 10. The number of methoxy groups -OCH3 is 1. The first-order chi connectivity index (χ1) is 66.5. The van der Waals surface area contributed by atoms with Crippen LogP contribution in [-0.4, -0.2) is 447 Å². The Balaban J connectivity index is 0.831. The molecule has 50 nitrogen and oxygen atoms in total. The summed E-state index contributed by atoms with van der Waals surface area (Å²) in [7, 11) is 1.42. The zero-order valence-corrected chi connectivity index (χ0v) is 77.6. The Hall–Kier alpha value is -10.1. The highest BCUT2D eigenvalue weighted by atomic mass is 16.7. The van der Waals surface area contributed by atoms with Crippen LogP contribution in [0.5, 0.6) is 5.75 Å². The molecule has 0 bridgehead atoms. The minimum absolute atomic E-state index is 0.0172. The van der Waals surface area contributed by atoms with Crippen molar-refractivity contribution in [2.45, 2.75) is 157 Å². The van der Waals surface area contributed by atoms with Crippen molar-refractivity contribution in [2.75, 3.05) is 218 Å². The lowest BCUT2D eigenvalue weighted by molar-refractivity contribution is -0.272. The molecular formula is C88H132N12O38. The van der Waals surface area contributed by atoms with Gasteiger partial charge in [-0.25, -0.2) is 0 Å². The highest BCUT2D eigenvalue weighted by molar-refractivity contribution is 6.45. The summed E-state index contributed by atoms with van der Waals surface area (Å²) in [5.74, 6) is -5.92. The third kappa shape index (κ3) is 37.2. The summed E-state index contributed by atoms with van der Waals surface area (Å²) in [5, 5.41) is 115. The van der Waals surface area contributed by atoms with Crippen LogP contribution in [0.4, 0.5) is 0 Å². The van der Waals surface area contributed by atoms with Crippen molar-refractivity contribution in [2.24, 2.45) is 0 Å². The molecule has 8 rings (SSSR count). The summed E-state index contributed by atoms with van der Waals surface area (Å²) in [6.07, 6.45) is -16.1. The molecule has 6 heterocycles. The molecule has 0 aliphatic carbocycles. The number of furan rings is 1. The first kappa shape index (κ1) is 113. The van der Waals surface area contributed by atoms with Gasteiger partial charge < -0.3 is 189 Å². The van der Waals surface area contributed by atoms with Gasteiger partial charge in [0.25, 0.3) is 17.6 Å². The highest BCUT2D eigenvalue weighted by Gasteiger charge is 2.49. The zero-order valence-electron chi connectivity index (χ0n) is 77.6. The van der Waals surface area contributed by atoms with Gasteiger partial charge in [-0.1, -0.05) is 18.2 Å². The lowest BCUT2D eigenvalue weighted by Crippen LogP contribution is -2.64. The normalized spacial score (nSPS) is 22.2. The molecule has 4 saturated heterocycles. The van der Waals surface area contributed by atoms with Gasteiger partial charge in [-0.15, -0.1) is 0 Å². The van der Waals surface area contributed by atoms with Crippen molar-refractivity contribution in [3.05, 3.63) is 77.7 Å². The van der Waals surface area contributed by atoms with Crippen molar-refractivity contribution < 1.29 is 184 Å². The van der Waals surface area contributed by atoms with E-state index < -0.39 is 215 Å². The number of nitrogens with zero attached hydrogens (tertiary/aromatic N) is 2. The highest BCUT2D eigenvalue weighted by Crippen LogP contribution is 2.38. The largest absolute Gasteiger partial charge is 0.496 e. The topological polar surface area (TPSA) is 678 Å². The van der Waals surface area contributed by atoms with E-state index >= 15 is 0 Å². The Labute approximate surface area is 794 Å². The average molecular weight is 1970 g/mol. The second kappa shape index (κ2) is 60.8. The number of Topliss-reactive ketones (excluding diaryl/α,β-unsaturated/α-hetero) is 1. The number of hydrogen-bond acceptors (Lipinski definition) is 38. The lowest BCUT2D eigenvalue weighted by atomic mass is 9.97. The number of carbonyl (C=O) groups excluding carboxylic acids is 12. The summed E-state index contributed by atoms with van der Waals surface area (Å²) >= 11 is 0. The molecular weight excluding hydrogens is 1830 g/mol. The second-order valence-electron chi connectivity index (χ2n) is 32.2. The average Bonchev–Trinajstić information content (AvgIpc) is 1.61. The van der Waals surface area contributed by atoms with Gasteiger partial charge in [0, 0.05) is 116 Å². The maximum Gasteiger partial charge on any atom is 0.295 e. The molecule has 4 fully saturated rings. The van der Waals surface area contributed by atoms with Gasteiger partial charge in [0.1, 0.15) is 95.9 Å². The number of aromatic amines is 1. The number of ketones is 1. The second-order valence-corrected chi connectivity index (χ2v) is 32.2.